The lowest BCUT2D eigenvalue weighted by atomic mass is 10.1. The van der Waals surface area contributed by atoms with Crippen molar-refractivity contribution >= 4 is 23.0 Å². The van der Waals surface area contributed by atoms with Gasteiger partial charge < -0.3 is 5.32 Å². The Morgan fingerprint density at radius 2 is 1.71 bits per heavy atom. The molecule has 0 saturated carbocycles. The lowest BCUT2D eigenvalue weighted by molar-refractivity contribution is 0.866. The van der Waals surface area contributed by atoms with E-state index in [1.807, 2.05) is 37.3 Å². The Morgan fingerprint density at radius 3 is 2.43 bits per heavy atom. The summed E-state index contributed by atoms with van der Waals surface area (Å²) in [4.78, 5) is 0. The van der Waals surface area contributed by atoms with E-state index in [2.05, 4.69) is 47.0 Å². The van der Waals surface area contributed by atoms with Gasteiger partial charge in [0, 0.05) is 12.1 Å². The van der Waals surface area contributed by atoms with Gasteiger partial charge in [-0.25, -0.2) is 0 Å². The molecule has 2 aromatic rings. The Kier molecular flexibility index (Phi) is 5.46. The predicted molar refractivity (Wildman–Crippen MR) is 92.4 cm³/mol. The largest absolute Gasteiger partial charge is 0.357 e. The van der Waals surface area contributed by atoms with Crippen molar-refractivity contribution in [2.45, 2.75) is 20.4 Å². The summed E-state index contributed by atoms with van der Waals surface area (Å²) in [5.74, 6) is 0. The van der Waals surface area contributed by atoms with Crippen LogP contribution in [0, 0.1) is 6.92 Å². The van der Waals surface area contributed by atoms with Gasteiger partial charge in [0.1, 0.15) is 0 Å². The van der Waals surface area contributed by atoms with Crippen LogP contribution in [0.15, 0.2) is 59.7 Å². The van der Waals surface area contributed by atoms with E-state index in [0.717, 1.165) is 11.3 Å². The topological polar surface area (TPSA) is 36.4 Å². The number of nitrogens with zero attached hydrogens (tertiary/aromatic N) is 1. The minimum absolute atomic E-state index is 0.520. The fourth-order valence-corrected chi connectivity index (χ4v) is 2.11. The third kappa shape index (κ3) is 4.68. The van der Waals surface area contributed by atoms with Crippen molar-refractivity contribution < 1.29 is 0 Å². The summed E-state index contributed by atoms with van der Waals surface area (Å²) in [6.45, 7) is 4.72. The lowest BCUT2D eigenvalue weighted by Crippen LogP contribution is -2.32. The molecule has 0 spiro atoms. The van der Waals surface area contributed by atoms with Crippen molar-refractivity contribution in [3.8, 4) is 0 Å². The fraction of sp³-hybridized carbons (Fsp3) is 0.176. The summed E-state index contributed by atoms with van der Waals surface area (Å²) < 4.78 is 0. The van der Waals surface area contributed by atoms with Crippen molar-refractivity contribution in [1.82, 2.24) is 10.7 Å². The number of hydrogen-bond donors (Lipinski definition) is 2. The Morgan fingerprint density at radius 1 is 1.05 bits per heavy atom. The van der Waals surface area contributed by atoms with Gasteiger partial charge >= 0.3 is 0 Å². The number of thiocarbonyl (C=S) groups is 1. The van der Waals surface area contributed by atoms with Gasteiger partial charge in [-0.15, -0.1) is 0 Å². The summed E-state index contributed by atoms with van der Waals surface area (Å²) in [7, 11) is 0. The molecule has 0 heterocycles. The van der Waals surface area contributed by atoms with Crippen LogP contribution in [-0.4, -0.2) is 10.8 Å². The van der Waals surface area contributed by atoms with E-state index in [0.29, 0.717) is 11.7 Å². The molecular weight excluding hydrogens is 278 g/mol. The molecule has 2 aromatic carbocycles. The highest BCUT2D eigenvalue weighted by molar-refractivity contribution is 7.80. The molecule has 0 bridgehead atoms. The standard InChI is InChI=1S/C17H19N3S/c1-13-8-6-7-11-16(13)14(2)19-20-17(21)18-12-15-9-4-3-5-10-15/h3-11H,12H2,1-2H3,(H2,18,20,21)/b19-14-. The van der Waals surface area contributed by atoms with Crippen molar-refractivity contribution in [2.24, 2.45) is 5.10 Å². The third-order valence-corrected chi connectivity index (χ3v) is 3.39. The van der Waals surface area contributed by atoms with E-state index in [4.69, 9.17) is 12.2 Å². The molecule has 0 aliphatic rings. The molecule has 21 heavy (non-hydrogen) atoms. The molecule has 0 aliphatic carbocycles. The highest BCUT2D eigenvalue weighted by Crippen LogP contribution is 2.07. The van der Waals surface area contributed by atoms with E-state index in [9.17, 15) is 0 Å². The van der Waals surface area contributed by atoms with Gasteiger partial charge in [-0.05, 0) is 37.2 Å². The average Bonchev–Trinajstić information content (AvgIpc) is 2.52. The average molecular weight is 297 g/mol. The van der Waals surface area contributed by atoms with Crippen LogP contribution in [0.1, 0.15) is 23.6 Å². The minimum Gasteiger partial charge on any atom is -0.357 e. The monoisotopic (exact) mass is 297 g/mol. The summed E-state index contributed by atoms with van der Waals surface area (Å²) in [5, 5.41) is 7.98. The van der Waals surface area contributed by atoms with E-state index in [1.165, 1.54) is 11.1 Å². The molecule has 0 saturated heterocycles. The molecule has 0 radical (unpaired) electrons. The van der Waals surface area contributed by atoms with Gasteiger partial charge in [-0.3, -0.25) is 5.43 Å². The van der Waals surface area contributed by atoms with Gasteiger partial charge in [0.05, 0.1) is 5.71 Å². The molecule has 0 fully saturated rings. The first-order valence-corrected chi connectivity index (χ1v) is 7.25. The molecule has 3 nitrogen and oxygen atoms in total. The first-order valence-electron chi connectivity index (χ1n) is 6.85. The zero-order valence-electron chi connectivity index (χ0n) is 12.3. The Balaban J connectivity index is 1.88. The number of aryl methyl sites for hydroxylation is 1. The smallest absolute Gasteiger partial charge is 0.187 e. The molecule has 2 N–H and O–H groups in total. The Bertz CT molecular complexity index is 635. The normalized spacial score (nSPS) is 11.0. The summed E-state index contributed by atoms with van der Waals surface area (Å²) in [5.41, 5.74) is 7.30. The predicted octanol–water partition coefficient (Wildman–Crippen LogP) is 3.38. The van der Waals surface area contributed by atoms with Crippen molar-refractivity contribution in [2.75, 3.05) is 0 Å². The highest BCUT2D eigenvalue weighted by atomic mass is 32.1. The summed E-state index contributed by atoms with van der Waals surface area (Å²) in [6, 6.07) is 18.3. The van der Waals surface area contributed by atoms with Crippen LogP contribution in [0.2, 0.25) is 0 Å². The van der Waals surface area contributed by atoms with Crippen LogP contribution in [-0.2, 0) is 6.54 Å². The van der Waals surface area contributed by atoms with Crippen LogP contribution in [0.3, 0.4) is 0 Å². The lowest BCUT2D eigenvalue weighted by Gasteiger charge is -2.09. The maximum Gasteiger partial charge on any atom is 0.187 e. The third-order valence-electron chi connectivity index (χ3n) is 3.16. The van der Waals surface area contributed by atoms with Crippen molar-refractivity contribution in [3.05, 3.63) is 71.3 Å². The molecule has 0 atom stereocenters. The number of benzene rings is 2. The molecule has 2 rings (SSSR count). The Labute approximate surface area is 131 Å². The Hall–Kier alpha value is -2.20. The van der Waals surface area contributed by atoms with Crippen molar-refractivity contribution in [3.63, 3.8) is 0 Å². The second-order valence-corrected chi connectivity index (χ2v) is 5.20. The molecule has 0 aliphatic heterocycles. The molecule has 4 heteroatoms. The number of nitrogens with one attached hydrogen (secondary N) is 2. The second kappa shape index (κ2) is 7.55. The second-order valence-electron chi connectivity index (χ2n) is 4.79. The first-order chi connectivity index (χ1) is 10.2. The van der Waals surface area contributed by atoms with Gasteiger partial charge in [0.15, 0.2) is 5.11 Å². The molecule has 0 amide bonds. The van der Waals surface area contributed by atoms with E-state index >= 15 is 0 Å². The zero-order chi connectivity index (χ0) is 15.1. The molecule has 0 aromatic heterocycles. The summed E-state index contributed by atoms with van der Waals surface area (Å²) >= 11 is 5.23. The molecule has 0 unspecified atom stereocenters. The van der Waals surface area contributed by atoms with Crippen LogP contribution >= 0.6 is 12.2 Å². The SMILES string of the molecule is C/C(=N/NC(=S)NCc1ccccc1)c1ccccc1C. The van der Waals surface area contributed by atoms with Crippen LogP contribution in [0.25, 0.3) is 0 Å². The number of rotatable bonds is 4. The van der Waals surface area contributed by atoms with Crippen molar-refractivity contribution in [1.29, 1.82) is 0 Å². The minimum atomic E-state index is 0.520. The number of hydrogen-bond acceptors (Lipinski definition) is 2. The summed E-state index contributed by atoms with van der Waals surface area (Å²) in [6.07, 6.45) is 0. The molecular formula is C17H19N3S. The van der Waals surface area contributed by atoms with Gasteiger partial charge in [0.25, 0.3) is 0 Å². The first kappa shape index (κ1) is 15.2. The van der Waals surface area contributed by atoms with E-state index in [1.54, 1.807) is 0 Å². The highest BCUT2D eigenvalue weighted by Gasteiger charge is 2.01. The molecule has 108 valence electrons. The quantitative estimate of drug-likeness (QED) is 0.516. The van der Waals surface area contributed by atoms with Gasteiger partial charge in [0.2, 0.25) is 0 Å². The maximum absolute atomic E-state index is 5.23. The van der Waals surface area contributed by atoms with Gasteiger partial charge in [-0.1, -0.05) is 54.6 Å². The van der Waals surface area contributed by atoms with Gasteiger partial charge in [-0.2, -0.15) is 5.10 Å². The van der Waals surface area contributed by atoms with E-state index in [-0.39, 0.29) is 0 Å². The van der Waals surface area contributed by atoms with Crippen LogP contribution < -0.4 is 10.7 Å². The zero-order valence-corrected chi connectivity index (χ0v) is 13.1. The van der Waals surface area contributed by atoms with Crippen LogP contribution in [0.5, 0.6) is 0 Å². The maximum atomic E-state index is 5.23. The van der Waals surface area contributed by atoms with Crippen LogP contribution in [0.4, 0.5) is 0 Å². The van der Waals surface area contributed by atoms with E-state index < -0.39 is 0 Å². The number of hydrazone groups is 1. The fourth-order valence-electron chi connectivity index (χ4n) is 1.99.